The summed E-state index contributed by atoms with van der Waals surface area (Å²) in [6, 6.07) is 4.01. The Labute approximate surface area is 113 Å². The fourth-order valence-electron chi connectivity index (χ4n) is 1.91. The van der Waals surface area contributed by atoms with Crippen molar-refractivity contribution in [2.24, 2.45) is 12.9 Å². The molecule has 0 aliphatic heterocycles. The lowest BCUT2D eigenvalue weighted by Gasteiger charge is -2.13. The largest absolute Gasteiger partial charge is 0.271 e. The summed E-state index contributed by atoms with van der Waals surface area (Å²) in [5.41, 5.74) is 4.80. The molecule has 0 fully saturated rings. The summed E-state index contributed by atoms with van der Waals surface area (Å²) < 4.78 is 1.14. The average Bonchev–Trinajstić information content (AvgIpc) is 3.03. The minimum Gasteiger partial charge on any atom is -0.271 e. The number of fused-ring (bicyclic) bond motifs is 1. The molecular formula is C11H13N7S. The first-order valence-electron chi connectivity index (χ1n) is 5.78. The van der Waals surface area contributed by atoms with Crippen LogP contribution in [0.5, 0.6) is 0 Å². The van der Waals surface area contributed by atoms with Gasteiger partial charge in [-0.25, -0.2) is 0 Å². The predicted octanol–water partition coefficient (Wildman–Crippen LogP) is 0.567. The zero-order chi connectivity index (χ0) is 13.2. The molecule has 0 radical (unpaired) electrons. The van der Waals surface area contributed by atoms with Crippen LogP contribution in [-0.4, -0.2) is 25.2 Å². The molecular weight excluding hydrogens is 262 g/mol. The van der Waals surface area contributed by atoms with Gasteiger partial charge in [-0.2, -0.15) is 4.80 Å². The van der Waals surface area contributed by atoms with E-state index in [1.54, 1.807) is 18.4 Å². The molecule has 3 heterocycles. The summed E-state index contributed by atoms with van der Waals surface area (Å²) in [6.07, 6.45) is 2.40. The van der Waals surface area contributed by atoms with Gasteiger partial charge in [-0.05, 0) is 28.3 Å². The standard InChI is InChI=1S/C11H13N7S/c1-18-16-11(15-17-18)5-9(14-12)7-4-10-8(13-6-7)2-3-19-10/h2-4,6,9,14H,5,12H2,1H3. The number of nitrogens with one attached hydrogen (secondary N) is 1. The molecule has 8 heteroatoms. The van der Waals surface area contributed by atoms with Crippen molar-refractivity contribution < 1.29 is 0 Å². The number of hydrazine groups is 1. The van der Waals surface area contributed by atoms with Crippen LogP contribution in [0, 0.1) is 0 Å². The summed E-state index contributed by atoms with van der Waals surface area (Å²) >= 11 is 1.66. The Morgan fingerprint density at radius 1 is 1.53 bits per heavy atom. The van der Waals surface area contributed by atoms with Gasteiger partial charge in [0, 0.05) is 12.6 Å². The number of hydrogen-bond acceptors (Lipinski definition) is 7. The van der Waals surface area contributed by atoms with Gasteiger partial charge < -0.3 is 0 Å². The van der Waals surface area contributed by atoms with Crippen LogP contribution in [0.4, 0.5) is 0 Å². The van der Waals surface area contributed by atoms with Crippen LogP contribution in [0.15, 0.2) is 23.7 Å². The van der Waals surface area contributed by atoms with E-state index in [1.807, 2.05) is 17.6 Å². The Morgan fingerprint density at radius 3 is 3.16 bits per heavy atom. The number of hydrogen-bond donors (Lipinski definition) is 2. The molecule has 3 aromatic heterocycles. The Morgan fingerprint density at radius 2 is 2.42 bits per heavy atom. The van der Waals surface area contributed by atoms with Crippen molar-refractivity contribution in [3.05, 3.63) is 35.1 Å². The predicted molar refractivity (Wildman–Crippen MR) is 72.2 cm³/mol. The molecule has 0 spiro atoms. The topological polar surface area (TPSA) is 94.5 Å². The molecule has 0 saturated carbocycles. The first kappa shape index (κ1) is 12.2. The van der Waals surface area contributed by atoms with Crippen molar-refractivity contribution in [2.75, 3.05) is 0 Å². The van der Waals surface area contributed by atoms with Crippen molar-refractivity contribution >= 4 is 21.6 Å². The van der Waals surface area contributed by atoms with Crippen molar-refractivity contribution in [3.63, 3.8) is 0 Å². The van der Waals surface area contributed by atoms with Gasteiger partial charge in [0.05, 0.1) is 23.3 Å². The van der Waals surface area contributed by atoms with Crippen LogP contribution >= 0.6 is 11.3 Å². The zero-order valence-corrected chi connectivity index (χ0v) is 11.1. The molecule has 1 unspecified atom stereocenters. The Kier molecular flexibility index (Phi) is 3.20. The van der Waals surface area contributed by atoms with Crippen LogP contribution < -0.4 is 11.3 Å². The molecule has 0 aromatic carbocycles. The fraction of sp³-hybridized carbons (Fsp3) is 0.273. The maximum atomic E-state index is 5.62. The lowest BCUT2D eigenvalue weighted by atomic mass is 10.1. The van der Waals surface area contributed by atoms with Crippen molar-refractivity contribution in [3.8, 4) is 0 Å². The van der Waals surface area contributed by atoms with E-state index < -0.39 is 0 Å². The third kappa shape index (κ3) is 2.46. The molecule has 3 aromatic rings. The van der Waals surface area contributed by atoms with Crippen LogP contribution in [0.25, 0.3) is 10.2 Å². The second-order valence-corrected chi connectivity index (χ2v) is 5.14. The highest BCUT2D eigenvalue weighted by Crippen LogP contribution is 2.23. The van der Waals surface area contributed by atoms with Crippen molar-refractivity contribution in [1.29, 1.82) is 0 Å². The Bertz CT molecular complexity index is 689. The number of nitrogens with two attached hydrogens (primary N) is 1. The quantitative estimate of drug-likeness (QED) is 0.534. The highest BCUT2D eigenvalue weighted by Gasteiger charge is 2.15. The smallest absolute Gasteiger partial charge is 0.176 e. The van der Waals surface area contributed by atoms with E-state index in [4.69, 9.17) is 5.84 Å². The number of aromatic nitrogens is 5. The molecule has 3 N–H and O–H groups in total. The number of aryl methyl sites for hydroxylation is 1. The normalized spacial score (nSPS) is 12.9. The van der Waals surface area contributed by atoms with E-state index in [-0.39, 0.29) is 6.04 Å². The molecule has 0 amide bonds. The molecule has 1 atom stereocenters. The number of tetrazole rings is 1. The molecule has 0 aliphatic rings. The number of rotatable bonds is 4. The maximum absolute atomic E-state index is 5.62. The molecule has 3 rings (SSSR count). The van der Waals surface area contributed by atoms with Crippen molar-refractivity contribution in [1.82, 2.24) is 30.6 Å². The van der Waals surface area contributed by atoms with E-state index in [0.717, 1.165) is 15.8 Å². The molecule has 0 aliphatic carbocycles. The van der Waals surface area contributed by atoms with Gasteiger partial charge in [-0.1, -0.05) is 0 Å². The highest BCUT2D eigenvalue weighted by molar-refractivity contribution is 7.17. The lowest BCUT2D eigenvalue weighted by molar-refractivity contribution is 0.535. The second kappa shape index (κ2) is 5.00. The monoisotopic (exact) mass is 275 g/mol. The fourth-order valence-corrected chi connectivity index (χ4v) is 2.70. The van der Waals surface area contributed by atoms with E-state index in [2.05, 4.69) is 31.9 Å². The first-order chi connectivity index (χ1) is 9.26. The first-order valence-corrected chi connectivity index (χ1v) is 6.66. The summed E-state index contributed by atoms with van der Waals surface area (Å²) in [5, 5.41) is 14.0. The third-order valence-corrected chi connectivity index (χ3v) is 3.72. The van der Waals surface area contributed by atoms with Gasteiger partial charge in [0.1, 0.15) is 0 Å². The van der Waals surface area contributed by atoms with Crippen LogP contribution in [0.1, 0.15) is 17.4 Å². The summed E-state index contributed by atoms with van der Waals surface area (Å²) in [4.78, 5) is 5.84. The lowest BCUT2D eigenvalue weighted by Crippen LogP contribution is -2.30. The average molecular weight is 275 g/mol. The summed E-state index contributed by atoms with van der Waals surface area (Å²) in [7, 11) is 1.74. The van der Waals surface area contributed by atoms with E-state index in [1.165, 1.54) is 4.80 Å². The van der Waals surface area contributed by atoms with Gasteiger partial charge in [0.15, 0.2) is 5.82 Å². The van der Waals surface area contributed by atoms with E-state index in [0.29, 0.717) is 12.2 Å². The number of nitrogens with zero attached hydrogens (tertiary/aromatic N) is 5. The molecule has 19 heavy (non-hydrogen) atoms. The third-order valence-electron chi connectivity index (χ3n) is 2.86. The zero-order valence-electron chi connectivity index (χ0n) is 10.3. The minimum atomic E-state index is -0.0804. The molecule has 7 nitrogen and oxygen atoms in total. The number of pyridine rings is 1. The molecule has 0 bridgehead atoms. The molecule has 98 valence electrons. The van der Waals surface area contributed by atoms with Crippen molar-refractivity contribution in [2.45, 2.75) is 12.5 Å². The van der Waals surface area contributed by atoms with E-state index >= 15 is 0 Å². The highest BCUT2D eigenvalue weighted by atomic mass is 32.1. The minimum absolute atomic E-state index is 0.0804. The summed E-state index contributed by atoms with van der Waals surface area (Å²) in [5.74, 6) is 6.27. The molecule has 0 saturated heterocycles. The van der Waals surface area contributed by atoms with Gasteiger partial charge in [-0.15, -0.1) is 21.5 Å². The summed E-state index contributed by atoms with van der Waals surface area (Å²) in [6.45, 7) is 0. The van der Waals surface area contributed by atoms with Gasteiger partial charge in [-0.3, -0.25) is 16.3 Å². The SMILES string of the molecule is Cn1nnc(CC(NN)c2cnc3ccsc3c2)n1. The number of thiophene rings is 1. The van der Waals surface area contributed by atoms with Crippen LogP contribution in [0.3, 0.4) is 0 Å². The second-order valence-electron chi connectivity index (χ2n) is 4.19. The van der Waals surface area contributed by atoms with Gasteiger partial charge >= 0.3 is 0 Å². The maximum Gasteiger partial charge on any atom is 0.176 e. The van der Waals surface area contributed by atoms with Gasteiger partial charge in [0.25, 0.3) is 0 Å². The van der Waals surface area contributed by atoms with E-state index in [9.17, 15) is 0 Å². The Balaban J connectivity index is 1.88. The van der Waals surface area contributed by atoms with Gasteiger partial charge in [0.2, 0.25) is 0 Å². The van der Waals surface area contributed by atoms with Crippen LogP contribution in [0.2, 0.25) is 0 Å². The Hall–Kier alpha value is -1.90. The van der Waals surface area contributed by atoms with Crippen LogP contribution in [-0.2, 0) is 13.5 Å².